The Morgan fingerprint density at radius 3 is 2.57 bits per heavy atom. The molecule has 4 aromatic rings. The highest BCUT2D eigenvalue weighted by atomic mass is 35.5. The van der Waals surface area contributed by atoms with Gasteiger partial charge in [0.05, 0.1) is 10.6 Å². The van der Waals surface area contributed by atoms with Crippen LogP contribution >= 0.6 is 11.6 Å². The largest absolute Gasteiger partial charge is 0.416 e. The SMILES string of the molecule is FC(F)(F)c1ccncc1Cc1ccc(Cc2c[nH]c3ncc(Cl)cc23)cn1. The van der Waals surface area contributed by atoms with Gasteiger partial charge in [-0.05, 0) is 34.9 Å². The van der Waals surface area contributed by atoms with E-state index >= 15 is 0 Å². The van der Waals surface area contributed by atoms with Crippen LogP contribution in [-0.2, 0) is 19.0 Å². The third-order valence-corrected chi connectivity index (χ3v) is 4.65. The first-order valence-electron chi connectivity index (χ1n) is 8.45. The fraction of sp³-hybridized carbons (Fsp3) is 0.150. The van der Waals surface area contributed by atoms with Crippen LogP contribution in [0.1, 0.15) is 27.9 Å². The Hall–Kier alpha value is -2.93. The molecule has 4 aromatic heterocycles. The Balaban J connectivity index is 1.54. The van der Waals surface area contributed by atoms with Crippen molar-refractivity contribution in [2.24, 2.45) is 0 Å². The van der Waals surface area contributed by atoms with Crippen LogP contribution in [0.4, 0.5) is 13.2 Å². The van der Waals surface area contributed by atoms with E-state index in [0.717, 1.165) is 34.4 Å². The molecule has 0 aliphatic rings. The summed E-state index contributed by atoms with van der Waals surface area (Å²) >= 11 is 6.02. The second kappa shape index (κ2) is 7.24. The minimum absolute atomic E-state index is 0.0651. The number of aromatic amines is 1. The maximum absolute atomic E-state index is 13.1. The van der Waals surface area contributed by atoms with E-state index in [-0.39, 0.29) is 12.0 Å². The molecule has 0 radical (unpaired) electrons. The van der Waals surface area contributed by atoms with E-state index in [4.69, 9.17) is 11.6 Å². The van der Waals surface area contributed by atoms with Gasteiger partial charge in [-0.1, -0.05) is 17.7 Å². The molecule has 4 nitrogen and oxygen atoms in total. The minimum Gasteiger partial charge on any atom is -0.346 e. The number of fused-ring (bicyclic) bond motifs is 1. The van der Waals surface area contributed by atoms with Gasteiger partial charge in [-0.25, -0.2) is 4.98 Å². The summed E-state index contributed by atoms with van der Waals surface area (Å²) in [5, 5.41) is 1.49. The lowest BCUT2D eigenvalue weighted by Gasteiger charge is -2.12. The molecule has 0 atom stereocenters. The quantitative estimate of drug-likeness (QED) is 0.510. The average molecular weight is 403 g/mol. The Morgan fingerprint density at radius 1 is 0.964 bits per heavy atom. The molecule has 0 saturated heterocycles. The Bertz CT molecular complexity index is 1120. The van der Waals surface area contributed by atoms with Crippen molar-refractivity contribution >= 4 is 22.6 Å². The van der Waals surface area contributed by atoms with Crippen molar-refractivity contribution in [1.29, 1.82) is 0 Å². The highest BCUT2D eigenvalue weighted by Crippen LogP contribution is 2.32. The molecule has 0 saturated carbocycles. The number of rotatable bonds is 4. The first-order valence-corrected chi connectivity index (χ1v) is 8.83. The molecule has 4 heterocycles. The van der Waals surface area contributed by atoms with E-state index in [9.17, 15) is 13.2 Å². The molecule has 0 bridgehead atoms. The molecule has 8 heteroatoms. The topological polar surface area (TPSA) is 54.5 Å². The van der Waals surface area contributed by atoms with E-state index in [0.29, 0.717) is 17.1 Å². The van der Waals surface area contributed by atoms with Gasteiger partial charge in [-0.2, -0.15) is 13.2 Å². The number of nitrogens with zero attached hydrogens (tertiary/aromatic N) is 3. The minimum atomic E-state index is -4.41. The van der Waals surface area contributed by atoms with Crippen molar-refractivity contribution in [3.05, 3.63) is 88.2 Å². The summed E-state index contributed by atoms with van der Waals surface area (Å²) in [4.78, 5) is 15.5. The highest BCUT2D eigenvalue weighted by Gasteiger charge is 2.33. The van der Waals surface area contributed by atoms with Crippen molar-refractivity contribution in [2.45, 2.75) is 19.0 Å². The van der Waals surface area contributed by atoms with Gasteiger partial charge in [0.1, 0.15) is 5.65 Å². The molecule has 0 unspecified atom stereocenters. The molecule has 0 amide bonds. The van der Waals surface area contributed by atoms with Crippen LogP contribution in [0.2, 0.25) is 5.02 Å². The number of alkyl halides is 3. The molecule has 142 valence electrons. The van der Waals surface area contributed by atoms with Gasteiger partial charge in [0.25, 0.3) is 0 Å². The fourth-order valence-electron chi connectivity index (χ4n) is 3.10. The molecule has 1 N–H and O–H groups in total. The van der Waals surface area contributed by atoms with E-state index in [1.54, 1.807) is 18.5 Å². The maximum Gasteiger partial charge on any atom is 0.416 e. The molecular formula is C20H14ClF3N4. The molecule has 0 aliphatic heterocycles. The van der Waals surface area contributed by atoms with Gasteiger partial charge < -0.3 is 4.98 Å². The fourth-order valence-corrected chi connectivity index (χ4v) is 3.26. The van der Waals surface area contributed by atoms with Crippen molar-refractivity contribution in [3.63, 3.8) is 0 Å². The van der Waals surface area contributed by atoms with Gasteiger partial charge >= 0.3 is 6.18 Å². The first-order chi connectivity index (χ1) is 13.4. The monoisotopic (exact) mass is 402 g/mol. The normalized spacial score (nSPS) is 11.9. The standard InChI is InChI=1S/C20H14ClF3N4/c21-15-7-17-13(10-27-19(17)28-11-15)5-12-1-2-16(26-8-12)6-14-9-25-4-3-18(14)20(22,23)24/h1-4,7-11H,5-6H2,(H,27,28). The number of aromatic nitrogens is 4. The lowest BCUT2D eigenvalue weighted by atomic mass is 10.0. The molecule has 28 heavy (non-hydrogen) atoms. The zero-order chi connectivity index (χ0) is 19.7. The number of hydrogen-bond acceptors (Lipinski definition) is 3. The number of pyridine rings is 3. The van der Waals surface area contributed by atoms with Crippen LogP contribution in [0.5, 0.6) is 0 Å². The van der Waals surface area contributed by atoms with Crippen molar-refractivity contribution in [3.8, 4) is 0 Å². The van der Waals surface area contributed by atoms with Crippen LogP contribution in [0.15, 0.2) is 55.2 Å². The lowest BCUT2D eigenvalue weighted by molar-refractivity contribution is -0.138. The van der Waals surface area contributed by atoms with E-state index in [1.807, 2.05) is 18.3 Å². The van der Waals surface area contributed by atoms with E-state index in [1.165, 1.54) is 6.20 Å². The third-order valence-electron chi connectivity index (χ3n) is 4.44. The van der Waals surface area contributed by atoms with Gasteiger partial charge in [0.15, 0.2) is 0 Å². The summed E-state index contributed by atoms with van der Waals surface area (Å²) in [5.41, 5.74) is 2.67. The summed E-state index contributed by atoms with van der Waals surface area (Å²) < 4.78 is 39.4. The number of H-pyrrole nitrogens is 1. The number of nitrogens with one attached hydrogen (secondary N) is 1. The van der Waals surface area contributed by atoms with Gasteiger partial charge in [0, 0.05) is 54.9 Å². The molecule has 0 fully saturated rings. The van der Waals surface area contributed by atoms with Crippen LogP contribution < -0.4 is 0 Å². The molecular weight excluding hydrogens is 389 g/mol. The van der Waals surface area contributed by atoms with Gasteiger partial charge in [0.2, 0.25) is 0 Å². The third kappa shape index (κ3) is 3.84. The number of halogens is 4. The van der Waals surface area contributed by atoms with Gasteiger partial charge in [-0.3, -0.25) is 9.97 Å². The van der Waals surface area contributed by atoms with Crippen LogP contribution in [-0.4, -0.2) is 19.9 Å². The highest BCUT2D eigenvalue weighted by molar-refractivity contribution is 6.31. The summed E-state index contributed by atoms with van der Waals surface area (Å²) in [5.74, 6) is 0. The Kier molecular flexibility index (Phi) is 4.77. The van der Waals surface area contributed by atoms with Crippen molar-refractivity contribution in [2.75, 3.05) is 0 Å². The average Bonchev–Trinajstić information content (AvgIpc) is 3.05. The van der Waals surface area contributed by atoms with Crippen LogP contribution in [0.3, 0.4) is 0 Å². The molecule has 4 rings (SSSR count). The molecule has 0 aromatic carbocycles. The summed E-state index contributed by atoms with van der Waals surface area (Å²) in [6.07, 6.45) is 3.76. The molecule has 0 spiro atoms. The lowest BCUT2D eigenvalue weighted by Crippen LogP contribution is -2.10. The first kappa shape index (κ1) is 18.4. The second-order valence-corrected chi connectivity index (χ2v) is 6.84. The zero-order valence-electron chi connectivity index (χ0n) is 14.5. The Morgan fingerprint density at radius 2 is 1.82 bits per heavy atom. The summed E-state index contributed by atoms with van der Waals surface area (Å²) in [6.45, 7) is 0. The van der Waals surface area contributed by atoms with Crippen LogP contribution in [0, 0.1) is 0 Å². The maximum atomic E-state index is 13.1. The smallest absolute Gasteiger partial charge is 0.346 e. The summed E-state index contributed by atoms with van der Waals surface area (Å²) in [7, 11) is 0. The van der Waals surface area contributed by atoms with Crippen LogP contribution in [0.25, 0.3) is 11.0 Å². The van der Waals surface area contributed by atoms with Gasteiger partial charge in [-0.15, -0.1) is 0 Å². The van der Waals surface area contributed by atoms with Crippen molar-refractivity contribution in [1.82, 2.24) is 19.9 Å². The number of hydrogen-bond donors (Lipinski definition) is 1. The predicted octanol–water partition coefficient (Wildman–Crippen LogP) is 5.21. The zero-order valence-corrected chi connectivity index (χ0v) is 15.2. The van der Waals surface area contributed by atoms with E-state index < -0.39 is 11.7 Å². The van der Waals surface area contributed by atoms with Crippen molar-refractivity contribution < 1.29 is 13.2 Å². The summed E-state index contributed by atoms with van der Waals surface area (Å²) in [6, 6.07) is 6.43. The Labute approximate surface area is 163 Å². The second-order valence-electron chi connectivity index (χ2n) is 6.41. The predicted molar refractivity (Wildman–Crippen MR) is 100 cm³/mol. The molecule has 0 aliphatic carbocycles. The van der Waals surface area contributed by atoms with E-state index in [2.05, 4.69) is 19.9 Å².